The number of piperazine rings is 1. The molecule has 0 aromatic rings. The summed E-state index contributed by atoms with van der Waals surface area (Å²) in [5.41, 5.74) is 0. The quantitative estimate of drug-likeness (QED) is 0.529. The molecule has 1 rings (SSSR count). The summed E-state index contributed by atoms with van der Waals surface area (Å²) >= 11 is 0. The molecule has 1 fully saturated rings. The molecule has 1 aliphatic heterocycles. The van der Waals surface area contributed by atoms with Gasteiger partial charge in [-0.1, -0.05) is 0 Å². The molecule has 14 heavy (non-hydrogen) atoms. The summed E-state index contributed by atoms with van der Waals surface area (Å²) in [6.45, 7) is 4.95. The van der Waals surface area contributed by atoms with Crippen LogP contribution < -0.4 is 16.0 Å². The Bertz CT molecular complexity index is 181. The zero-order valence-corrected chi connectivity index (χ0v) is 8.80. The van der Waals surface area contributed by atoms with Gasteiger partial charge in [-0.25, -0.2) is 0 Å². The Balaban J connectivity index is 2.25. The van der Waals surface area contributed by atoms with E-state index in [9.17, 15) is 4.79 Å². The van der Waals surface area contributed by atoms with Gasteiger partial charge < -0.3 is 20.7 Å². The second-order valence-electron chi connectivity index (χ2n) is 3.58. The molecule has 5 heteroatoms. The average molecular weight is 201 g/mol. The highest BCUT2D eigenvalue weighted by molar-refractivity contribution is 5.82. The fraction of sp³-hybridized carbons (Fsp3) is 0.889. The van der Waals surface area contributed by atoms with Gasteiger partial charge >= 0.3 is 0 Å². The Hall–Kier alpha value is -0.650. The van der Waals surface area contributed by atoms with Crippen molar-refractivity contribution < 1.29 is 9.53 Å². The Morgan fingerprint density at radius 2 is 2.43 bits per heavy atom. The van der Waals surface area contributed by atoms with Gasteiger partial charge in [0.05, 0.1) is 12.6 Å². The zero-order valence-electron chi connectivity index (χ0n) is 8.80. The van der Waals surface area contributed by atoms with E-state index in [0.29, 0.717) is 13.2 Å². The number of carbonyl (C=O) groups excluding carboxylic acids is 1. The molecule has 2 atom stereocenters. The van der Waals surface area contributed by atoms with Crippen molar-refractivity contribution in [1.82, 2.24) is 16.0 Å². The summed E-state index contributed by atoms with van der Waals surface area (Å²) in [7, 11) is 1.63. The van der Waals surface area contributed by atoms with E-state index in [1.807, 2.05) is 6.92 Å². The maximum Gasteiger partial charge on any atom is 0.238 e. The van der Waals surface area contributed by atoms with E-state index < -0.39 is 0 Å². The first-order valence-electron chi connectivity index (χ1n) is 4.97. The molecule has 1 aliphatic rings. The molecule has 0 aromatic heterocycles. The van der Waals surface area contributed by atoms with Crippen LogP contribution in [0.1, 0.15) is 6.92 Å². The molecule has 2 unspecified atom stereocenters. The highest BCUT2D eigenvalue weighted by atomic mass is 16.5. The van der Waals surface area contributed by atoms with Gasteiger partial charge in [-0.2, -0.15) is 0 Å². The molecule has 1 amide bonds. The number of hydrogen-bond donors (Lipinski definition) is 3. The Morgan fingerprint density at radius 1 is 1.64 bits per heavy atom. The topological polar surface area (TPSA) is 62.4 Å². The van der Waals surface area contributed by atoms with Crippen molar-refractivity contribution in [3.63, 3.8) is 0 Å². The molecule has 0 aromatic carbocycles. The zero-order chi connectivity index (χ0) is 10.4. The molecule has 3 N–H and O–H groups in total. The summed E-state index contributed by atoms with van der Waals surface area (Å²) in [4.78, 5) is 11.6. The SMILES string of the molecule is COCC(C)NC(=O)C1CNCCN1. The largest absolute Gasteiger partial charge is 0.383 e. The van der Waals surface area contributed by atoms with Gasteiger partial charge in [0.2, 0.25) is 5.91 Å². The molecule has 0 spiro atoms. The minimum atomic E-state index is -0.108. The Kier molecular flexibility index (Phi) is 4.86. The van der Waals surface area contributed by atoms with E-state index in [-0.39, 0.29) is 18.0 Å². The van der Waals surface area contributed by atoms with Crippen LogP contribution in [0.25, 0.3) is 0 Å². The fourth-order valence-corrected chi connectivity index (χ4v) is 1.47. The number of nitrogens with one attached hydrogen (secondary N) is 3. The van der Waals surface area contributed by atoms with Gasteiger partial charge in [-0.3, -0.25) is 4.79 Å². The van der Waals surface area contributed by atoms with Crippen molar-refractivity contribution in [3.05, 3.63) is 0 Å². The molecule has 0 saturated carbocycles. The van der Waals surface area contributed by atoms with E-state index in [0.717, 1.165) is 13.1 Å². The van der Waals surface area contributed by atoms with Crippen LogP contribution in [-0.4, -0.2) is 51.3 Å². The summed E-state index contributed by atoms with van der Waals surface area (Å²) in [6.07, 6.45) is 0. The fourth-order valence-electron chi connectivity index (χ4n) is 1.47. The van der Waals surface area contributed by atoms with Crippen molar-refractivity contribution in [2.75, 3.05) is 33.4 Å². The van der Waals surface area contributed by atoms with Crippen LogP contribution >= 0.6 is 0 Å². The van der Waals surface area contributed by atoms with E-state index >= 15 is 0 Å². The van der Waals surface area contributed by atoms with Crippen LogP contribution in [-0.2, 0) is 9.53 Å². The third-order valence-electron chi connectivity index (χ3n) is 2.16. The number of carbonyl (C=O) groups is 1. The maximum atomic E-state index is 11.6. The van der Waals surface area contributed by atoms with Crippen molar-refractivity contribution in [2.45, 2.75) is 19.0 Å². The number of methoxy groups -OCH3 is 1. The predicted octanol–water partition coefficient (Wildman–Crippen LogP) is -1.30. The predicted molar refractivity (Wildman–Crippen MR) is 54.1 cm³/mol. The first-order valence-corrected chi connectivity index (χ1v) is 4.97. The van der Waals surface area contributed by atoms with E-state index in [2.05, 4.69) is 16.0 Å². The van der Waals surface area contributed by atoms with Crippen molar-refractivity contribution in [3.8, 4) is 0 Å². The monoisotopic (exact) mass is 201 g/mol. The normalized spacial score (nSPS) is 24.3. The lowest BCUT2D eigenvalue weighted by Crippen LogP contribution is -2.57. The summed E-state index contributed by atoms with van der Waals surface area (Å²) in [5, 5.41) is 9.20. The average Bonchev–Trinajstić information content (AvgIpc) is 2.19. The van der Waals surface area contributed by atoms with E-state index in [1.165, 1.54) is 0 Å². The number of hydrogen-bond acceptors (Lipinski definition) is 4. The summed E-state index contributed by atoms with van der Waals surface area (Å²) in [6, 6.07) is -0.0423. The van der Waals surface area contributed by atoms with Crippen LogP contribution in [0.2, 0.25) is 0 Å². The molecule has 5 nitrogen and oxygen atoms in total. The van der Waals surface area contributed by atoms with Gasteiger partial charge in [0, 0.05) is 32.8 Å². The van der Waals surface area contributed by atoms with Gasteiger partial charge in [0.1, 0.15) is 0 Å². The van der Waals surface area contributed by atoms with Crippen LogP contribution in [0.3, 0.4) is 0 Å². The maximum absolute atomic E-state index is 11.6. The lowest BCUT2D eigenvalue weighted by molar-refractivity contribution is -0.124. The number of rotatable bonds is 4. The second-order valence-corrected chi connectivity index (χ2v) is 3.58. The highest BCUT2D eigenvalue weighted by Crippen LogP contribution is 1.90. The number of amides is 1. The lowest BCUT2D eigenvalue weighted by atomic mass is 10.2. The van der Waals surface area contributed by atoms with Gasteiger partial charge in [0.25, 0.3) is 0 Å². The molecular weight excluding hydrogens is 182 g/mol. The van der Waals surface area contributed by atoms with E-state index in [1.54, 1.807) is 7.11 Å². The standard InChI is InChI=1S/C9H19N3O2/c1-7(6-14-2)12-9(13)8-5-10-3-4-11-8/h7-8,10-11H,3-6H2,1-2H3,(H,12,13). The van der Waals surface area contributed by atoms with Crippen molar-refractivity contribution in [2.24, 2.45) is 0 Å². The summed E-state index contributed by atoms with van der Waals surface area (Å²) < 4.78 is 4.94. The third-order valence-corrected chi connectivity index (χ3v) is 2.16. The Labute approximate surface area is 84.6 Å². The second kappa shape index (κ2) is 5.95. The highest BCUT2D eigenvalue weighted by Gasteiger charge is 2.21. The van der Waals surface area contributed by atoms with Gasteiger partial charge in [0.15, 0.2) is 0 Å². The molecule has 0 bridgehead atoms. The molecular formula is C9H19N3O2. The van der Waals surface area contributed by atoms with Gasteiger partial charge in [-0.05, 0) is 6.92 Å². The lowest BCUT2D eigenvalue weighted by Gasteiger charge is -2.25. The minimum Gasteiger partial charge on any atom is -0.383 e. The molecule has 82 valence electrons. The van der Waals surface area contributed by atoms with Crippen LogP contribution in [0.15, 0.2) is 0 Å². The van der Waals surface area contributed by atoms with Crippen LogP contribution in [0, 0.1) is 0 Å². The smallest absolute Gasteiger partial charge is 0.238 e. The summed E-state index contributed by atoms with van der Waals surface area (Å²) in [5.74, 6) is 0.0433. The van der Waals surface area contributed by atoms with Crippen LogP contribution in [0.5, 0.6) is 0 Å². The molecule has 1 heterocycles. The number of ether oxygens (including phenoxy) is 1. The minimum absolute atomic E-state index is 0.0433. The molecule has 0 radical (unpaired) electrons. The Morgan fingerprint density at radius 3 is 3.00 bits per heavy atom. The molecule has 0 aliphatic carbocycles. The van der Waals surface area contributed by atoms with E-state index in [4.69, 9.17) is 4.74 Å². The first kappa shape index (κ1) is 11.4. The molecule has 1 saturated heterocycles. The third kappa shape index (κ3) is 3.61. The van der Waals surface area contributed by atoms with Crippen molar-refractivity contribution >= 4 is 5.91 Å². The van der Waals surface area contributed by atoms with Gasteiger partial charge in [-0.15, -0.1) is 0 Å². The first-order chi connectivity index (χ1) is 6.74. The van der Waals surface area contributed by atoms with Crippen LogP contribution in [0.4, 0.5) is 0 Å². The van der Waals surface area contributed by atoms with Crippen molar-refractivity contribution in [1.29, 1.82) is 0 Å².